The number of halogens is 3. The molecule has 2 heterocycles. The van der Waals surface area contributed by atoms with E-state index in [1.807, 2.05) is 0 Å². The number of nitro benzene ring substituents is 1. The third kappa shape index (κ3) is 4.54. The van der Waals surface area contributed by atoms with Crippen LogP contribution < -0.4 is 0 Å². The average Bonchev–Trinajstić information content (AvgIpc) is 3.31. The number of hydrogen-bond acceptors (Lipinski definition) is 6. The van der Waals surface area contributed by atoms with E-state index in [1.54, 1.807) is 36.4 Å². The van der Waals surface area contributed by atoms with Crippen molar-refractivity contribution >= 4 is 69.5 Å². The fraction of sp³-hybridized carbons (Fsp3) is 0.0476. The summed E-state index contributed by atoms with van der Waals surface area (Å²) in [5.74, 6) is 0.204. The van der Waals surface area contributed by atoms with E-state index in [4.69, 9.17) is 39.2 Å². The topological polar surface area (TPSA) is 93.7 Å². The molecular weight excluding hydrogens is 499 g/mol. The van der Waals surface area contributed by atoms with Crippen LogP contribution in [0.1, 0.15) is 11.3 Å². The van der Waals surface area contributed by atoms with Crippen molar-refractivity contribution in [1.82, 2.24) is 4.90 Å². The van der Waals surface area contributed by atoms with Gasteiger partial charge in [-0.25, -0.2) is 0 Å². The number of benzene rings is 2. The van der Waals surface area contributed by atoms with Crippen LogP contribution in [-0.2, 0) is 11.3 Å². The molecule has 1 fully saturated rings. The van der Waals surface area contributed by atoms with Gasteiger partial charge in [0.2, 0.25) is 0 Å². The number of carbonyl (C=O) groups is 2. The predicted molar refractivity (Wildman–Crippen MR) is 124 cm³/mol. The second-order valence-electron chi connectivity index (χ2n) is 6.64. The van der Waals surface area contributed by atoms with Gasteiger partial charge < -0.3 is 4.42 Å². The minimum Gasteiger partial charge on any atom is -0.457 e. The maximum absolute atomic E-state index is 12.7. The molecule has 162 valence electrons. The molecule has 7 nitrogen and oxygen atoms in total. The van der Waals surface area contributed by atoms with Crippen molar-refractivity contribution in [3.8, 4) is 11.3 Å². The fourth-order valence-corrected chi connectivity index (χ4v) is 4.30. The molecule has 11 heteroatoms. The summed E-state index contributed by atoms with van der Waals surface area (Å²) in [6, 6.07) is 12.4. The molecule has 1 saturated heterocycles. The molecule has 2 aromatic carbocycles. The summed E-state index contributed by atoms with van der Waals surface area (Å²) < 4.78 is 5.70. The van der Waals surface area contributed by atoms with Crippen LogP contribution in [0, 0.1) is 10.1 Å². The molecule has 0 N–H and O–H groups in total. The zero-order valence-electron chi connectivity index (χ0n) is 15.9. The number of rotatable bonds is 5. The zero-order valence-corrected chi connectivity index (χ0v) is 19.0. The van der Waals surface area contributed by atoms with Gasteiger partial charge in [-0.1, -0.05) is 40.9 Å². The number of nitro groups is 1. The third-order valence-electron chi connectivity index (χ3n) is 4.53. The van der Waals surface area contributed by atoms with Gasteiger partial charge in [0, 0.05) is 17.7 Å². The lowest BCUT2D eigenvalue weighted by molar-refractivity contribution is -0.384. The van der Waals surface area contributed by atoms with Crippen molar-refractivity contribution < 1.29 is 18.9 Å². The second kappa shape index (κ2) is 8.99. The molecule has 0 spiro atoms. The number of hydrogen-bond donors (Lipinski definition) is 0. The number of amides is 2. The van der Waals surface area contributed by atoms with E-state index in [9.17, 15) is 19.7 Å². The van der Waals surface area contributed by atoms with E-state index < -0.39 is 16.1 Å². The molecule has 0 saturated carbocycles. The first-order valence-corrected chi connectivity index (χ1v) is 10.9. The van der Waals surface area contributed by atoms with Gasteiger partial charge in [-0.05, 0) is 53.7 Å². The van der Waals surface area contributed by atoms with Gasteiger partial charge in [-0.15, -0.1) is 0 Å². The van der Waals surface area contributed by atoms with Crippen LogP contribution in [-0.4, -0.2) is 21.0 Å². The van der Waals surface area contributed by atoms with E-state index in [0.29, 0.717) is 32.7 Å². The van der Waals surface area contributed by atoms with Crippen LogP contribution in [0.2, 0.25) is 15.1 Å². The summed E-state index contributed by atoms with van der Waals surface area (Å²) >= 11 is 18.5. The highest BCUT2D eigenvalue weighted by atomic mass is 35.5. The Morgan fingerprint density at radius 1 is 1.00 bits per heavy atom. The highest BCUT2D eigenvalue weighted by molar-refractivity contribution is 8.18. The first-order valence-electron chi connectivity index (χ1n) is 8.96. The minimum absolute atomic E-state index is 0.0150. The molecule has 4 rings (SSSR count). The zero-order chi connectivity index (χ0) is 23.0. The Balaban J connectivity index is 1.55. The van der Waals surface area contributed by atoms with Crippen molar-refractivity contribution in [2.75, 3.05) is 0 Å². The lowest BCUT2D eigenvalue weighted by atomic mass is 10.1. The Labute approximate surface area is 200 Å². The van der Waals surface area contributed by atoms with Gasteiger partial charge in [0.25, 0.3) is 16.8 Å². The van der Waals surface area contributed by atoms with E-state index in [-0.39, 0.29) is 22.2 Å². The fourth-order valence-electron chi connectivity index (χ4n) is 2.98. The van der Waals surface area contributed by atoms with E-state index in [1.165, 1.54) is 18.2 Å². The number of furan rings is 1. The van der Waals surface area contributed by atoms with Crippen molar-refractivity contribution in [3.63, 3.8) is 0 Å². The molecule has 1 aliphatic heterocycles. The van der Waals surface area contributed by atoms with Crippen LogP contribution in [0.3, 0.4) is 0 Å². The summed E-state index contributed by atoms with van der Waals surface area (Å²) in [7, 11) is 0. The Morgan fingerprint density at radius 3 is 2.47 bits per heavy atom. The molecular formula is C21H11Cl3N2O5S. The summed E-state index contributed by atoms with van der Waals surface area (Å²) in [6.07, 6.45) is 1.45. The smallest absolute Gasteiger partial charge is 0.293 e. The largest absolute Gasteiger partial charge is 0.457 e. The monoisotopic (exact) mass is 508 g/mol. The van der Waals surface area contributed by atoms with Gasteiger partial charge in [-0.3, -0.25) is 24.6 Å². The molecule has 0 atom stereocenters. The van der Waals surface area contributed by atoms with E-state index in [0.717, 1.165) is 16.7 Å². The number of nitrogens with zero attached hydrogens (tertiary/aromatic N) is 2. The molecule has 3 aromatic rings. The van der Waals surface area contributed by atoms with Crippen molar-refractivity contribution in [2.24, 2.45) is 0 Å². The van der Waals surface area contributed by atoms with Crippen LogP contribution in [0.25, 0.3) is 17.4 Å². The third-order valence-corrected chi connectivity index (χ3v) is 6.49. The SMILES string of the molecule is O=C1S/C(=C/c2ccc(-c3ccc(Cl)c([N+](=O)[O-])c3)o2)C(=O)N1Cc1ccc(Cl)c(Cl)c1. The van der Waals surface area contributed by atoms with Crippen molar-refractivity contribution in [2.45, 2.75) is 6.54 Å². The molecule has 0 bridgehead atoms. The quantitative estimate of drug-likeness (QED) is 0.208. The maximum atomic E-state index is 12.7. The Bertz CT molecular complexity index is 1300. The standard InChI is InChI=1S/C21H11Cl3N2O5S/c22-14-4-1-11(7-16(14)24)10-25-20(27)19(32-21(25)28)9-13-3-6-18(31-13)12-2-5-15(23)17(8-12)26(29)30/h1-9H,10H2/b19-9+. The van der Waals surface area contributed by atoms with Crippen LogP contribution >= 0.6 is 46.6 Å². The molecule has 1 aliphatic rings. The molecule has 0 aliphatic carbocycles. The maximum Gasteiger partial charge on any atom is 0.293 e. The summed E-state index contributed by atoms with van der Waals surface area (Å²) in [5, 5.41) is 11.4. The van der Waals surface area contributed by atoms with Crippen LogP contribution in [0.15, 0.2) is 57.9 Å². The first kappa shape index (κ1) is 22.4. The lowest BCUT2D eigenvalue weighted by Crippen LogP contribution is -2.27. The average molecular weight is 510 g/mol. The van der Waals surface area contributed by atoms with E-state index in [2.05, 4.69) is 0 Å². The highest BCUT2D eigenvalue weighted by Gasteiger charge is 2.35. The normalized spacial score (nSPS) is 15.1. The minimum atomic E-state index is -0.584. The lowest BCUT2D eigenvalue weighted by Gasteiger charge is -2.12. The van der Waals surface area contributed by atoms with Gasteiger partial charge >= 0.3 is 0 Å². The van der Waals surface area contributed by atoms with Crippen molar-refractivity contribution in [3.05, 3.63) is 89.9 Å². The summed E-state index contributed by atoms with van der Waals surface area (Å²) in [6.45, 7) is 0.0523. The molecule has 1 aromatic heterocycles. The molecule has 0 radical (unpaired) electrons. The summed E-state index contributed by atoms with van der Waals surface area (Å²) in [5.41, 5.74) is 0.867. The number of imide groups is 1. The predicted octanol–water partition coefficient (Wildman–Crippen LogP) is 7.05. The highest BCUT2D eigenvalue weighted by Crippen LogP contribution is 2.36. The van der Waals surface area contributed by atoms with Crippen LogP contribution in [0.5, 0.6) is 0 Å². The molecule has 32 heavy (non-hydrogen) atoms. The van der Waals surface area contributed by atoms with Crippen LogP contribution in [0.4, 0.5) is 10.5 Å². The number of thioether (sulfide) groups is 1. The molecule has 0 unspecified atom stereocenters. The van der Waals surface area contributed by atoms with Gasteiger partial charge in [0.05, 0.1) is 26.4 Å². The summed E-state index contributed by atoms with van der Waals surface area (Å²) in [4.78, 5) is 36.9. The first-order chi connectivity index (χ1) is 15.2. The van der Waals surface area contributed by atoms with Gasteiger partial charge in [0.1, 0.15) is 16.5 Å². The Hall–Kier alpha value is -2.78. The molecule has 2 amide bonds. The Morgan fingerprint density at radius 2 is 1.75 bits per heavy atom. The van der Waals surface area contributed by atoms with Crippen molar-refractivity contribution in [1.29, 1.82) is 0 Å². The Kier molecular flexibility index (Phi) is 6.30. The van der Waals surface area contributed by atoms with Gasteiger partial charge in [0.15, 0.2) is 0 Å². The van der Waals surface area contributed by atoms with Gasteiger partial charge in [-0.2, -0.15) is 0 Å². The van der Waals surface area contributed by atoms with E-state index >= 15 is 0 Å². The second-order valence-corrected chi connectivity index (χ2v) is 8.86. The number of carbonyl (C=O) groups excluding carboxylic acids is 2.